The van der Waals surface area contributed by atoms with Crippen molar-refractivity contribution in [2.24, 2.45) is 5.92 Å². The largest absolute Gasteiger partial charge is 0.442 e. The fourth-order valence-electron chi connectivity index (χ4n) is 4.97. The molecule has 13 nitrogen and oxygen atoms in total. The lowest BCUT2D eigenvalue weighted by Crippen LogP contribution is -2.51. The second-order valence-corrected chi connectivity index (χ2v) is 10.3. The van der Waals surface area contributed by atoms with E-state index in [2.05, 4.69) is 20.6 Å². The minimum atomic E-state index is -0.583. The van der Waals surface area contributed by atoms with E-state index in [1.165, 1.54) is 17.2 Å². The van der Waals surface area contributed by atoms with Crippen LogP contribution in [0.1, 0.15) is 23.3 Å². The van der Waals surface area contributed by atoms with E-state index in [1.54, 1.807) is 40.0 Å². The van der Waals surface area contributed by atoms with Crippen LogP contribution in [-0.2, 0) is 14.3 Å². The first-order valence-electron chi connectivity index (χ1n) is 13.5. The molecule has 0 radical (unpaired) electrons. The summed E-state index contributed by atoms with van der Waals surface area (Å²) in [6.45, 7) is 1.81. The van der Waals surface area contributed by atoms with Crippen LogP contribution < -0.4 is 20.4 Å². The van der Waals surface area contributed by atoms with Crippen molar-refractivity contribution in [3.8, 4) is 0 Å². The van der Waals surface area contributed by atoms with Crippen LogP contribution in [0.25, 0.3) is 5.65 Å². The van der Waals surface area contributed by atoms with Crippen LogP contribution in [0.3, 0.4) is 0 Å². The monoisotopic (exact) mass is 564 g/mol. The Kier molecular flexibility index (Phi) is 7.12. The molecule has 6 rings (SSSR count). The summed E-state index contributed by atoms with van der Waals surface area (Å²) in [6, 6.07) is 4.57. The highest BCUT2D eigenvalue weighted by molar-refractivity contribution is 5.95. The number of imidazole rings is 1. The molecule has 4 amide bonds. The minimum Gasteiger partial charge on any atom is -0.442 e. The molecule has 3 aromatic rings. The normalized spacial score (nSPS) is 18.9. The van der Waals surface area contributed by atoms with Gasteiger partial charge in [-0.25, -0.2) is 14.2 Å². The first kappa shape index (κ1) is 26.5. The topological polar surface area (TPSA) is 141 Å². The maximum Gasteiger partial charge on any atom is 0.414 e. The summed E-state index contributed by atoms with van der Waals surface area (Å²) in [5.41, 5.74) is 1.46. The van der Waals surface area contributed by atoms with Gasteiger partial charge >= 0.3 is 6.09 Å². The Morgan fingerprint density at radius 3 is 2.63 bits per heavy atom. The van der Waals surface area contributed by atoms with Gasteiger partial charge in [-0.05, 0) is 31.0 Å². The molecular formula is C27H29FN8O5. The van der Waals surface area contributed by atoms with Crippen molar-refractivity contribution >= 4 is 40.8 Å². The zero-order chi connectivity index (χ0) is 28.5. The average Bonchev–Trinajstić information content (AvgIpc) is 3.64. The number of benzene rings is 1. The summed E-state index contributed by atoms with van der Waals surface area (Å²) in [5, 5.41) is 5.41. The van der Waals surface area contributed by atoms with Crippen molar-refractivity contribution in [3.05, 3.63) is 54.5 Å². The van der Waals surface area contributed by atoms with Gasteiger partial charge in [0.15, 0.2) is 5.65 Å². The zero-order valence-electron chi connectivity index (χ0n) is 22.2. The fraction of sp³-hybridized carbons (Fsp3) is 0.407. The van der Waals surface area contributed by atoms with Crippen molar-refractivity contribution in [2.45, 2.75) is 18.9 Å². The molecule has 0 bridgehead atoms. The molecule has 1 aromatic carbocycles. The zero-order valence-corrected chi connectivity index (χ0v) is 22.2. The first-order chi connectivity index (χ1) is 19.9. The standard InChI is InChI=1S/C27H29FN8O5/c28-20-11-18(36-15-19(41-27(36)40)12-30-25(38)17-1-2-17)3-4-22(20)33-7-9-34(10-8-33)24(37)14-31-26(39)21-16-35-6-5-29-13-23(35)32-21/h3-6,11,13,16-17,19H,1-2,7-10,12,14-15H2,(H,30,38)(H,31,39)/t19-/m0/s1. The van der Waals surface area contributed by atoms with Gasteiger partial charge in [-0.3, -0.25) is 24.3 Å². The Hall–Kier alpha value is -4.75. The predicted molar refractivity (Wildman–Crippen MR) is 144 cm³/mol. The van der Waals surface area contributed by atoms with Crippen LogP contribution in [-0.4, -0.2) is 95.0 Å². The number of hydrogen-bond acceptors (Lipinski definition) is 8. The number of nitrogens with zero attached hydrogens (tertiary/aromatic N) is 6. The molecule has 14 heteroatoms. The van der Waals surface area contributed by atoms with E-state index in [9.17, 15) is 19.2 Å². The average molecular weight is 565 g/mol. The van der Waals surface area contributed by atoms with Gasteiger partial charge in [0.25, 0.3) is 5.91 Å². The lowest BCUT2D eigenvalue weighted by Gasteiger charge is -2.36. The number of fused-ring (bicyclic) bond motifs is 1. The van der Waals surface area contributed by atoms with Gasteiger partial charge in [0, 0.05) is 50.7 Å². The summed E-state index contributed by atoms with van der Waals surface area (Å²) in [6.07, 6.45) is 7.05. The summed E-state index contributed by atoms with van der Waals surface area (Å²) in [5.74, 6) is -1.15. The smallest absolute Gasteiger partial charge is 0.414 e. The molecule has 3 aliphatic rings. The van der Waals surface area contributed by atoms with Crippen LogP contribution in [0.4, 0.5) is 20.6 Å². The number of ether oxygens (including phenoxy) is 1. The van der Waals surface area contributed by atoms with Gasteiger partial charge in [-0.1, -0.05) is 0 Å². The number of nitrogens with one attached hydrogen (secondary N) is 2. The third kappa shape index (κ3) is 5.76. The number of carbonyl (C=O) groups excluding carboxylic acids is 4. The van der Waals surface area contributed by atoms with Crippen LogP contribution in [0.15, 0.2) is 43.0 Å². The van der Waals surface area contributed by atoms with Crippen LogP contribution in [0, 0.1) is 11.7 Å². The second kappa shape index (κ2) is 11.0. The Balaban J connectivity index is 0.984. The van der Waals surface area contributed by atoms with Gasteiger partial charge in [0.1, 0.15) is 17.6 Å². The minimum absolute atomic E-state index is 0.0254. The first-order valence-corrected chi connectivity index (χ1v) is 13.5. The van der Waals surface area contributed by atoms with E-state index in [4.69, 9.17) is 4.74 Å². The van der Waals surface area contributed by atoms with Gasteiger partial charge in [-0.15, -0.1) is 0 Å². The predicted octanol–water partition coefficient (Wildman–Crippen LogP) is 0.798. The molecule has 4 heterocycles. The molecule has 41 heavy (non-hydrogen) atoms. The number of cyclic esters (lactones) is 1. The molecule has 214 valence electrons. The van der Waals surface area contributed by atoms with E-state index in [1.807, 2.05) is 4.90 Å². The van der Waals surface area contributed by atoms with Crippen molar-refractivity contribution < 1.29 is 28.3 Å². The molecule has 1 saturated carbocycles. The van der Waals surface area contributed by atoms with Crippen LogP contribution >= 0.6 is 0 Å². The van der Waals surface area contributed by atoms with Crippen LogP contribution in [0.2, 0.25) is 0 Å². The molecule has 2 aliphatic heterocycles. The SMILES string of the molecule is O=C(NCC(=O)N1CCN(c2ccc(N3C[C@H](CNC(=O)C4CC4)OC3=O)cc2F)CC1)c1cn2ccncc2n1. The number of hydrogen-bond donors (Lipinski definition) is 2. The van der Waals surface area contributed by atoms with Crippen LogP contribution in [0.5, 0.6) is 0 Å². The second-order valence-electron chi connectivity index (χ2n) is 10.3. The Labute approximate surface area is 234 Å². The summed E-state index contributed by atoms with van der Waals surface area (Å²) in [4.78, 5) is 62.4. The number of aromatic nitrogens is 3. The Morgan fingerprint density at radius 1 is 1.10 bits per heavy atom. The van der Waals surface area contributed by atoms with Crippen molar-refractivity contribution in [1.29, 1.82) is 0 Å². The van der Waals surface area contributed by atoms with Gasteiger partial charge in [0.05, 0.1) is 37.2 Å². The van der Waals surface area contributed by atoms with E-state index < -0.39 is 23.9 Å². The lowest BCUT2D eigenvalue weighted by atomic mass is 10.2. The maximum atomic E-state index is 15.1. The molecule has 3 fully saturated rings. The van der Waals surface area contributed by atoms with Crippen molar-refractivity contribution in [1.82, 2.24) is 29.9 Å². The van der Waals surface area contributed by atoms with Crippen molar-refractivity contribution in [2.75, 3.05) is 55.6 Å². The summed E-state index contributed by atoms with van der Waals surface area (Å²) in [7, 11) is 0. The number of rotatable bonds is 8. The Morgan fingerprint density at radius 2 is 1.90 bits per heavy atom. The molecule has 0 spiro atoms. The number of amides is 4. The molecule has 2 saturated heterocycles. The number of halogens is 1. The number of piperazine rings is 1. The number of carbonyl (C=O) groups is 4. The molecule has 0 unspecified atom stereocenters. The van der Waals surface area contributed by atoms with Gasteiger partial charge < -0.3 is 29.6 Å². The highest BCUT2D eigenvalue weighted by atomic mass is 19.1. The quantitative estimate of drug-likeness (QED) is 0.409. The summed E-state index contributed by atoms with van der Waals surface area (Å²) < 4.78 is 22.2. The number of anilines is 2. The fourth-order valence-corrected chi connectivity index (χ4v) is 4.97. The molecule has 2 N–H and O–H groups in total. The maximum absolute atomic E-state index is 15.1. The van der Waals surface area contributed by atoms with Gasteiger partial charge in [0.2, 0.25) is 11.8 Å². The van der Waals surface area contributed by atoms with E-state index in [0.29, 0.717) is 43.2 Å². The molecule has 1 aliphatic carbocycles. The highest BCUT2D eigenvalue weighted by Gasteiger charge is 2.35. The lowest BCUT2D eigenvalue weighted by molar-refractivity contribution is -0.130. The van der Waals surface area contributed by atoms with E-state index >= 15 is 4.39 Å². The van der Waals surface area contributed by atoms with E-state index in [0.717, 1.165) is 12.8 Å². The third-order valence-corrected chi connectivity index (χ3v) is 7.44. The summed E-state index contributed by atoms with van der Waals surface area (Å²) >= 11 is 0. The molecule has 2 aromatic heterocycles. The Bertz CT molecular complexity index is 1470. The van der Waals surface area contributed by atoms with Gasteiger partial charge in [-0.2, -0.15) is 0 Å². The highest BCUT2D eigenvalue weighted by Crippen LogP contribution is 2.30. The van der Waals surface area contributed by atoms with E-state index in [-0.39, 0.29) is 43.1 Å². The molecule has 1 atom stereocenters. The van der Waals surface area contributed by atoms with Crippen molar-refractivity contribution in [3.63, 3.8) is 0 Å². The third-order valence-electron chi connectivity index (χ3n) is 7.44. The molecular weight excluding hydrogens is 535 g/mol.